The lowest BCUT2D eigenvalue weighted by Gasteiger charge is -2.16. The van der Waals surface area contributed by atoms with Crippen molar-refractivity contribution >= 4 is 23.1 Å². The lowest BCUT2D eigenvalue weighted by Crippen LogP contribution is -2.22. The first-order valence-corrected chi connectivity index (χ1v) is 9.88. The van der Waals surface area contributed by atoms with E-state index in [9.17, 15) is 0 Å². The van der Waals surface area contributed by atoms with Gasteiger partial charge in [-0.2, -0.15) is 4.98 Å². The maximum Gasteiger partial charge on any atom is 0.245 e. The summed E-state index contributed by atoms with van der Waals surface area (Å²) in [7, 11) is 3.27. The zero-order chi connectivity index (χ0) is 20.5. The maximum absolute atomic E-state index is 5.37. The number of nitrogens with zero attached hydrogens (tertiary/aromatic N) is 6. The highest BCUT2D eigenvalue weighted by Crippen LogP contribution is 2.27. The second-order valence-corrected chi connectivity index (χ2v) is 7.15. The fourth-order valence-corrected chi connectivity index (χ4v) is 3.66. The predicted molar refractivity (Wildman–Crippen MR) is 114 cm³/mol. The van der Waals surface area contributed by atoms with Crippen LogP contribution in [0.3, 0.4) is 0 Å². The summed E-state index contributed by atoms with van der Waals surface area (Å²) in [6.45, 7) is 1.97. The average Bonchev–Trinajstić information content (AvgIpc) is 3.54. The van der Waals surface area contributed by atoms with Gasteiger partial charge in [0, 0.05) is 37.5 Å². The third-order valence-electron chi connectivity index (χ3n) is 5.23. The number of methoxy groups -OCH3 is 2. The van der Waals surface area contributed by atoms with Crippen molar-refractivity contribution in [2.45, 2.75) is 12.8 Å². The van der Waals surface area contributed by atoms with Crippen LogP contribution in [0.4, 0.5) is 17.6 Å². The summed E-state index contributed by atoms with van der Waals surface area (Å²) >= 11 is 0. The lowest BCUT2D eigenvalue weighted by molar-refractivity contribution is 0.394. The lowest BCUT2D eigenvalue weighted by atomic mass is 10.2. The third-order valence-corrected chi connectivity index (χ3v) is 5.23. The summed E-state index contributed by atoms with van der Waals surface area (Å²) < 4.78 is 14.5. The molecule has 9 heteroatoms. The molecule has 0 unspecified atom stereocenters. The number of benzene rings is 1. The van der Waals surface area contributed by atoms with Crippen molar-refractivity contribution in [1.82, 2.24) is 24.1 Å². The van der Waals surface area contributed by atoms with Crippen LogP contribution in [-0.2, 0) is 0 Å². The van der Waals surface area contributed by atoms with Crippen LogP contribution in [-0.4, -0.2) is 51.5 Å². The first kappa shape index (κ1) is 18.3. The van der Waals surface area contributed by atoms with Crippen LogP contribution in [0.15, 0.2) is 49.1 Å². The normalized spacial score (nSPS) is 13.7. The van der Waals surface area contributed by atoms with Gasteiger partial charge in [0.05, 0.1) is 26.1 Å². The van der Waals surface area contributed by atoms with Gasteiger partial charge in [-0.3, -0.25) is 0 Å². The molecule has 4 heterocycles. The predicted octanol–water partition coefficient (Wildman–Crippen LogP) is 3.28. The second kappa shape index (κ2) is 7.58. The summed E-state index contributed by atoms with van der Waals surface area (Å²) in [4.78, 5) is 11.5. The quantitative estimate of drug-likeness (QED) is 0.527. The molecule has 0 spiro atoms. The first-order valence-electron chi connectivity index (χ1n) is 9.88. The van der Waals surface area contributed by atoms with E-state index in [-0.39, 0.29) is 0 Å². The van der Waals surface area contributed by atoms with Gasteiger partial charge in [0.25, 0.3) is 0 Å². The van der Waals surface area contributed by atoms with Crippen molar-refractivity contribution in [3.05, 3.63) is 49.1 Å². The fourth-order valence-electron chi connectivity index (χ4n) is 3.66. The molecule has 1 aliphatic rings. The summed E-state index contributed by atoms with van der Waals surface area (Å²) in [5.74, 6) is 3.58. The van der Waals surface area contributed by atoms with Crippen molar-refractivity contribution < 1.29 is 9.47 Å². The first-order chi connectivity index (χ1) is 14.7. The molecule has 9 nitrogen and oxygen atoms in total. The Morgan fingerprint density at radius 2 is 1.80 bits per heavy atom. The molecule has 5 rings (SSSR count). The van der Waals surface area contributed by atoms with Crippen molar-refractivity contribution in [3.63, 3.8) is 0 Å². The van der Waals surface area contributed by atoms with Gasteiger partial charge >= 0.3 is 0 Å². The third kappa shape index (κ3) is 3.38. The molecule has 0 bridgehead atoms. The van der Waals surface area contributed by atoms with Crippen LogP contribution in [0.2, 0.25) is 0 Å². The number of nitrogens with one attached hydrogen (secondary N) is 1. The van der Waals surface area contributed by atoms with Crippen molar-refractivity contribution in [3.8, 4) is 17.2 Å². The monoisotopic (exact) mass is 405 g/mol. The highest BCUT2D eigenvalue weighted by molar-refractivity contribution is 5.73. The van der Waals surface area contributed by atoms with Crippen LogP contribution in [0, 0.1) is 0 Å². The molecule has 0 aliphatic carbocycles. The molecule has 0 radical (unpaired) electrons. The number of aromatic nitrogens is 5. The van der Waals surface area contributed by atoms with Crippen LogP contribution >= 0.6 is 0 Å². The summed E-state index contributed by atoms with van der Waals surface area (Å²) in [6.07, 6.45) is 7.93. The summed E-state index contributed by atoms with van der Waals surface area (Å²) in [6, 6.07) is 9.64. The van der Waals surface area contributed by atoms with Crippen LogP contribution < -0.4 is 19.7 Å². The molecule has 1 aromatic carbocycles. The number of anilines is 3. The second-order valence-electron chi connectivity index (χ2n) is 7.15. The molecule has 0 saturated carbocycles. The summed E-state index contributed by atoms with van der Waals surface area (Å²) in [5.41, 5.74) is 1.79. The van der Waals surface area contributed by atoms with E-state index in [1.54, 1.807) is 20.5 Å². The zero-order valence-corrected chi connectivity index (χ0v) is 16.9. The SMILES string of the molecule is COc1cc(OC)cc(-n2cnc(Nc3nc(N4CCCC4)nn4cccc34)c2)c1. The number of fused-ring (bicyclic) bond motifs is 1. The molecular weight excluding hydrogens is 382 g/mol. The molecule has 1 fully saturated rings. The Morgan fingerprint density at radius 1 is 1.03 bits per heavy atom. The van der Waals surface area contributed by atoms with Gasteiger partial charge in [0.2, 0.25) is 5.95 Å². The Morgan fingerprint density at radius 3 is 2.53 bits per heavy atom. The molecule has 1 saturated heterocycles. The van der Waals surface area contributed by atoms with Crippen LogP contribution in [0.5, 0.6) is 11.5 Å². The van der Waals surface area contributed by atoms with Crippen molar-refractivity contribution in [2.24, 2.45) is 0 Å². The van der Waals surface area contributed by atoms with E-state index < -0.39 is 0 Å². The molecular formula is C21H23N7O2. The number of ether oxygens (including phenoxy) is 2. The van der Waals surface area contributed by atoms with Crippen molar-refractivity contribution in [2.75, 3.05) is 37.5 Å². The molecule has 154 valence electrons. The number of hydrogen-bond acceptors (Lipinski definition) is 7. The zero-order valence-electron chi connectivity index (χ0n) is 16.9. The Balaban J connectivity index is 1.47. The van der Waals surface area contributed by atoms with Gasteiger partial charge < -0.3 is 24.3 Å². The molecule has 4 aromatic rings. The Bertz CT molecular complexity index is 1160. The van der Waals surface area contributed by atoms with Gasteiger partial charge in [0.1, 0.15) is 29.2 Å². The average molecular weight is 405 g/mol. The molecule has 0 atom stereocenters. The molecule has 3 aromatic heterocycles. The highest BCUT2D eigenvalue weighted by atomic mass is 16.5. The van der Waals surface area contributed by atoms with Gasteiger partial charge in [0.15, 0.2) is 5.82 Å². The van der Waals surface area contributed by atoms with Gasteiger partial charge in [-0.25, -0.2) is 9.50 Å². The molecule has 1 N–H and O–H groups in total. The van der Waals surface area contributed by atoms with Crippen LogP contribution in [0.1, 0.15) is 12.8 Å². The minimum absolute atomic E-state index is 0.686. The Kier molecular flexibility index (Phi) is 4.62. The smallest absolute Gasteiger partial charge is 0.245 e. The van der Waals surface area contributed by atoms with E-state index in [4.69, 9.17) is 14.5 Å². The van der Waals surface area contributed by atoms with E-state index in [0.29, 0.717) is 17.3 Å². The molecule has 30 heavy (non-hydrogen) atoms. The van der Waals surface area contributed by atoms with Gasteiger partial charge in [-0.05, 0) is 25.0 Å². The van der Waals surface area contributed by atoms with E-state index in [1.807, 2.05) is 51.8 Å². The minimum atomic E-state index is 0.686. The number of imidazole rings is 1. The number of hydrogen-bond donors (Lipinski definition) is 1. The van der Waals surface area contributed by atoms with Crippen LogP contribution in [0.25, 0.3) is 11.2 Å². The van der Waals surface area contributed by atoms with Gasteiger partial charge in [-0.15, -0.1) is 5.10 Å². The van der Waals surface area contributed by atoms with E-state index in [0.717, 1.165) is 36.1 Å². The number of rotatable bonds is 6. The standard InChI is InChI=1S/C21H23N7O2/c1-29-16-10-15(11-17(12-16)30-2)27-13-19(22-14-27)23-20-18-6-5-9-28(18)25-21(24-20)26-7-3-4-8-26/h5-6,9-14H,3-4,7-8H2,1-2H3,(H,23,24,25). The van der Waals surface area contributed by atoms with E-state index in [2.05, 4.69) is 20.3 Å². The van der Waals surface area contributed by atoms with Gasteiger partial charge in [-0.1, -0.05) is 0 Å². The maximum atomic E-state index is 5.37. The van der Waals surface area contributed by atoms with E-state index >= 15 is 0 Å². The molecule has 0 amide bonds. The van der Waals surface area contributed by atoms with Crippen molar-refractivity contribution in [1.29, 1.82) is 0 Å². The van der Waals surface area contributed by atoms with E-state index in [1.165, 1.54) is 12.8 Å². The molecule has 1 aliphatic heterocycles. The fraction of sp³-hybridized carbons (Fsp3) is 0.286. The minimum Gasteiger partial charge on any atom is -0.497 e. The summed E-state index contributed by atoms with van der Waals surface area (Å²) in [5, 5.41) is 8.00. The topological polar surface area (TPSA) is 81.7 Å². The largest absolute Gasteiger partial charge is 0.497 e. The Labute approximate surface area is 173 Å². The Hall–Kier alpha value is -3.75. The highest BCUT2D eigenvalue weighted by Gasteiger charge is 2.18.